The Kier molecular flexibility index (Phi) is 9.37. The van der Waals surface area contributed by atoms with Gasteiger partial charge in [0.25, 0.3) is 0 Å². The Morgan fingerprint density at radius 1 is 0.380 bits per heavy atom. The fraction of sp³-hybridized carbons (Fsp3) is 0.400. The van der Waals surface area contributed by atoms with E-state index in [1.54, 1.807) is 0 Å². The maximum atomic E-state index is 5.78. The summed E-state index contributed by atoms with van der Waals surface area (Å²) in [5.74, 6) is 4.78. The summed E-state index contributed by atoms with van der Waals surface area (Å²) in [5, 5.41) is 4.84. The summed E-state index contributed by atoms with van der Waals surface area (Å²) in [6, 6.07) is 46.8. The van der Waals surface area contributed by atoms with E-state index >= 15 is 0 Å². The number of anilines is 3. The van der Waals surface area contributed by atoms with Crippen LogP contribution in [0.3, 0.4) is 0 Å². The summed E-state index contributed by atoms with van der Waals surface area (Å²) < 4.78 is 4.64. The maximum absolute atomic E-state index is 5.78. The van der Waals surface area contributed by atoms with Gasteiger partial charge in [-0.15, -0.1) is 0 Å². The van der Waals surface area contributed by atoms with Gasteiger partial charge in [0.1, 0.15) is 0 Å². The van der Waals surface area contributed by atoms with Gasteiger partial charge in [-0.05, 0) is 171 Å². The van der Waals surface area contributed by atoms with Crippen molar-refractivity contribution in [2.75, 3.05) is 4.90 Å². The molecule has 0 atom stereocenters. The molecular formula is C65H70N6. The highest BCUT2D eigenvalue weighted by molar-refractivity contribution is 6.11. The van der Waals surface area contributed by atoms with Crippen molar-refractivity contribution in [3.8, 4) is 11.9 Å². The van der Waals surface area contributed by atoms with Gasteiger partial charge < -0.3 is 0 Å². The fourth-order valence-corrected chi connectivity index (χ4v) is 14.3. The van der Waals surface area contributed by atoms with Gasteiger partial charge in [-0.1, -0.05) is 144 Å². The Bertz CT molecular complexity index is 3280. The predicted octanol–water partition coefficient (Wildman–Crippen LogP) is 16.8. The average molecular weight is 935 g/mol. The van der Waals surface area contributed by atoms with Crippen LogP contribution in [0.2, 0.25) is 0 Å². The Balaban J connectivity index is 1.13. The van der Waals surface area contributed by atoms with Crippen molar-refractivity contribution < 1.29 is 0 Å². The van der Waals surface area contributed by atoms with E-state index in [-0.39, 0.29) is 27.1 Å². The van der Waals surface area contributed by atoms with Crippen LogP contribution in [0.1, 0.15) is 149 Å². The highest BCUT2D eigenvalue weighted by Crippen LogP contribution is 2.69. The zero-order valence-electron chi connectivity index (χ0n) is 44.1. The summed E-state index contributed by atoms with van der Waals surface area (Å²) in [6.07, 6.45) is 6.69. The largest absolute Gasteiger partial charge is 0.278 e. The smallest absolute Gasteiger partial charge is 0.241 e. The number of nitrogens with zero attached hydrogens (tertiary/aromatic N) is 6. The standard InChI is InChI=1S/C65H70N6/c1-61(2,3)40-21-25-52-46(34-40)47-35-41(62(4,5)6)22-26-53(47)69(52)58-66-59(70-54-27-23-42(63(7,8)9)36-48(54)49-37-43(64(10,11)12)24-28-55(49)70)68-60(67-58)71-56-19-15-13-17-50(56)65(51-18-14-16-20-57(51)71)44-30-38-29-39(32-44)33-45(65)31-38/h13-28,34-39,44-45H,29-33H2,1-12H3. The molecule has 1 aliphatic heterocycles. The number of rotatable bonds is 3. The highest BCUT2D eigenvalue weighted by atomic mass is 15.4. The summed E-state index contributed by atoms with van der Waals surface area (Å²) in [4.78, 5) is 19.7. The quantitative estimate of drug-likeness (QED) is 0.177. The minimum atomic E-state index is -0.0412. The molecule has 9 aromatic rings. The van der Waals surface area contributed by atoms with Crippen LogP contribution in [-0.2, 0) is 27.1 Å². The number of benzene rings is 6. The molecule has 0 unspecified atom stereocenters. The molecule has 3 aromatic heterocycles. The fourth-order valence-electron chi connectivity index (χ4n) is 14.3. The maximum Gasteiger partial charge on any atom is 0.241 e. The topological polar surface area (TPSA) is 51.8 Å². The normalized spacial score (nSPS) is 20.8. The van der Waals surface area contributed by atoms with Gasteiger partial charge in [-0.3, -0.25) is 14.0 Å². The lowest BCUT2D eigenvalue weighted by molar-refractivity contribution is -0.0419. The average Bonchev–Trinajstić information content (AvgIpc) is 3.83. The Hall–Kier alpha value is -6.27. The third-order valence-corrected chi connectivity index (χ3v) is 17.8. The molecule has 0 radical (unpaired) electrons. The van der Waals surface area contributed by atoms with Gasteiger partial charge in [0, 0.05) is 27.0 Å². The Labute approximate surface area is 420 Å². The van der Waals surface area contributed by atoms with Crippen molar-refractivity contribution in [2.24, 2.45) is 23.7 Å². The lowest BCUT2D eigenvalue weighted by Gasteiger charge is -2.64. The van der Waals surface area contributed by atoms with Crippen LogP contribution in [0.5, 0.6) is 0 Å². The van der Waals surface area contributed by atoms with Crippen LogP contribution in [0.25, 0.3) is 55.5 Å². The summed E-state index contributed by atoms with van der Waals surface area (Å²) in [6.45, 7) is 27.7. The molecule has 14 rings (SSSR count). The summed E-state index contributed by atoms with van der Waals surface area (Å²) in [7, 11) is 0. The summed E-state index contributed by atoms with van der Waals surface area (Å²) >= 11 is 0. The molecule has 5 aliphatic rings. The third-order valence-electron chi connectivity index (χ3n) is 17.8. The van der Waals surface area contributed by atoms with Gasteiger partial charge in [0.15, 0.2) is 0 Å². The number of fused-ring (bicyclic) bond motifs is 8. The molecule has 6 heteroatoms. The molecule has 4 aliphatic carbocycles. The van der Waals surface area contributed by atoms with Crippen LogP contribution in [0.4, 0.5) is 17.3 Å². The second-order valence-corrected chi connectivity index (χ2v) is 26.4. The van der Waals surface area contributed by atoms with Crippen molar-refractivity contribution in [1.82, 2.24) is 24.1 Å². The van der Waals surface area contributed by atoms with Crippen LogP contribution in [-0.4, -0.2) is 24.1 Å². The Morgan fingerprint density at radius 3 is 1.01 bits per heavy atom. The number of aromatic nitrogens is 5. The van der Waals surface area contributed by atoms with Crippen molar-refractivity contribution in [3.63, 3.8) is 0 Å². The monoisotopic (exact) mass is 935 g/mol. The third kappa shape index (κ3) is 6.61. The van der Waals surface area contributed by atoms with E-state index in [4.69, 9.17) is 15.0 Å². The first kappa shape index (κ1) is 44.7. The minimum absolute atomic E-state index is 0.0301. The van der Waals surface area contributed by atoms with Gasteiger partial charge in [0.2, 0.25) is 17.8 Å². The molecule has 1 spiro atoms. The van der Waals surface area contributed by atoms with Crippen molar-refractivity contribution in [2.45, 2.75) is 142 Å². The predicted molar refractivity (Wildman–Crippen MR) is 296 cm³/mol. The van der Waals surface area contributed by atoms with Gasteiger partial charge in [-0.2, -0.15) is 15.0 Å². The van der Waals surface area contributed by atoms with Crippen molar-refractivity contribution >= 4 is 60.9 Å². The number of para-hydroxylation sites is 2. The van der Waals surface area contributed by atoms with E-state index in [0.717, 1.165) is 33.9 Å². The lowest BCUT2D eigenvalue weighted by Crippen LogP contribution is -2.57. The molecular weight excluding hydrogens is 865 g/mol. The number of hydrogen-bond donors (Lipinski definition) is 0. The number of hydrogen-bond acceptors (Lipinski definition) is 4. The SMILES string of the molecule is CC(C)(C)c1ccc2c(c1)c1cc(C(C)(C)C)ccc1n2-c1nc(N2c3ccccc3C3(c4ccccc42)C2CC4CC(C2)CC3C4)nc(-n2c3ccc(C(C)(C)C)cc3c3cc(C(C)(C)C)ccc32)n1. The molecule has 71 heavy (non-hydrogen) atoms. The minimum Gasteiger partial charge on any atom is -0.278 e. The lowest BCUT2D eigenvalue weighted by atomic mass is 9.41. The van der Waals surface area contributed by atoms with Gasteiger partial charge >= 0.3 is 0 Å². The second kappa shape index (κ2) is 14.9. The molecule has 4 heterocycles. The first-order chi connectivity index (χ1) is 33.7. The molecule has 0 N–H and O–H groups in total. The van der Waals surface area contributed by atoms with Gasteiger partial charge in [-0.25, -0.2) is 0 Å². The van der Waals surface area contributed by atoms with E-state index in [1.165, 1.54) is 98.4 Å². The van der Waals surface area contributed by atoms with Crippen molar-refractivity contribution in [1.29, 1.82) is 0 Å². The van der Waals surface area contributed by atoms with Crippen LogP contribution in [0, 0.1) is 23.7 Å². The second-order valence-electron chi connectivity index (χ2n) is 26.4. The van der Waals surface area contributed by atoms with Crippen LogP contribution < -0.4 is 4.90 Å². The Morgan fingerprint density at radius 2 is 0.690 bits per heavy atom. The van der Waals surface area contributed by atoms with Crippen LogP contribution in [0.15, 0.2) is 121 Å². The van der Waals surface area contributed by atoms with E-state index in [1.807, 2.05) is 0 Å². The molecule has 4 saturated carbocycles. The van der Waals surface area contributed by atoms with Gasteiger partial charge in [0.05, 0.1) is 33.4 Å². The van der Waals surface area contributed by atoms with E-state index in [9.17, 15) is 0 Å². The molecule has 4 bridgehead atoms. The highest BCUT2D eigenvalue weighted by Gasteiger charge is 2.61. The first-order valence-electron chi connectivity index (χ1n) is 26.6. The molecule has 0 saturated heterocycles. The molecule has 6 nitrogen and oxygen atoms in total. The molecule has 0 amide bonds. The molecule has 360 valence electrons. The van der Waals surface area contributed by atoms with Crippen LogP contribution >= 0.6 is 0 Å². The van der Waals surface area contributed by atoms with E-state index in [0.29, 0.717) is 29.7 Å². The zero-order chi connectivity index (χ0) is 49.3. The van der Waals surface area contributed by atoms with E-state index < -0.39 is 0 Å². The van der Waals surface area contributed by atoms with E-state index in [2.05, 4.69) is 218 Å². The molecule has 6 aromatic carbocycles. The van der Waals surface area contributed by atoms with Crippen molar-refractivity contribution in [3.05, 3.63) is 155 Å². The summed E-state index contributed by atoms with van der Waals surface area (Å²) in [5.41, 5.74) is 14.7. The molecule has 4 fully saturated rings. The first-order valence-corrected chi connectivity index (χ1v) is 26.6. The zero-order valence-corrected chi connectivity index (χ0v) is 44.1.